The van der Waals surface area contributed by atoms with Gasteiger partial charge in [-0.1, -0.05) is 8.93 Å². The molecule has 0 nitrogen and oxygen atoms in total. The van der Waals surface area contributed by atoms with E-state index in [-0.39, 0.29) is 0 Å². The van der Waals surface area contributed by atoms with Gasteiger partial charge in [0, 0.05) is 5.08 Å². The minimum Gasteiger partial charge on any atom is -0.154 e. The van der Waals surface area contributed by atoms with E-state index in [4.69, 9.17) is 0 Å². The third kappa shape index (κ3) is 5.43. The van der Waals surface area contributed by atoms with Crippen LogP contribution in [0.2, 0.25) is 0 Å². The first-order valence-corrected chi connectivity index (χ1v) is 6.06. The van der Waals surface area contributed by atoms with Gasteiger partial charge in [0.1, 0.15) is 0 Å². The van der Waals surface area contributed by atoms with Crippen LogP contribution in [0, 0.1) is 0 Å². The zero-order chi connectivity index (χ0) is 4.12. The Labute approximate surface area is 53.1 Å². The highest BCUT2D eigenvalue weighted by Crippen LogP contribution is 2.15. The molecule has 0 aromatic carbocycles. The van der Waals surface area contributed by atoms with Gasteiger partial charge in [-0.05, 0) is 27.5 Å². The van der Waals surface area contributed by atoms with Crippen molar-refractivity contribution >= 4 is 41.9 Å². The van der Waals surface area contributed by atoms with Crippen molar-refractivity contribution in [3.8, 4) is 0 Å². The van der Waals surface area contributed by atoms with E-state index in [1.54, 1.807) is 0 Å². The predicted molar refractivity (Wildman–Crippen MR) is 40.0 cm³/mol. The van der Waals surface area contributed by atoms with Crippen LogP contribution in [0.5, 0.6) is 0 Å². The van der Waals surface area contributed by atoms with Crippen LogP contribution in [0.25, 0.3) is 0 Å². The summed E-state index contributed by atoms with van der Waals surface area (Å²) >= 11 is 4.14. The molecular weight excluding hydrogens is 215 g/mol. The standard InChI is InChI=1S/C2H5IS2/c1-4-2-5-3/h2H2,1H3. The summed E-state index contributed by atoms with van der Waals surface area (Å²) in [6, 6.07) is 0. The number of hydrogen-bond donors (Lipinski definition) is 0. The molecule has 0 heterocycles. The summed E-state index contributed by atoms with van der Waals surface area (Å²) in [5, 5.41) is 1.21. The van der Waals surface area contributed by atoms with Crippen molar-refractivity contribution in [2.45, 2.75) is 0 Å². The second kappa shape index (κ2) is 5.43. The fraction of sp³-hybridized carbons (Fsp3) is 1.00. The Balaban J connectivity index is 2.19. The molecule has 0 bridgehead atoms. The van der Waals surface area contributed by atoms with Gasteiger partial charge < -0.3 is 0 Å². The first-order valence-electron chi connectivity index (χ1n) is 1.14. The summed E-state index contributed by atoms with van der Waals surface area (Å²) in [5.41, 5.74) is 0. The Hall–Kier alpha value is 1.43. The highest BCUT2D eigenvalue weighted by Gasteiger charge is 1.69. The minimum atomic E-state index is 1.21. The molecule has 0 N–H and O–H groups in total. The van der Waals surface area contributed by atoms with Crippen LogP contribution in [0.4, 0.5) is 0 Å². The lowest BCUT2D eigenvalue weighted by Gasteiger charge is -1.78. The van der Waals surface area contributed by atoms with Crippen LogP contribution in [-0.2, 0) is 0 Å². The Morgan fingerprint density at radius 1 is 1.80 bits per heavy atom. The quantitative estimate of drug-likeness (QED) is 0.517. The van der Waals surface area contributed by atoms with Gasteiger partial charge in [0.25, 0.3) is 0 Å². The zero-order valence-electron chi connectivity index (χ0n) is 2.90. The molecule has 0 aliphatic carbocycles. The smallest absolute Gasteiger partial charge is 0.0489 e. The van der Waals surface area contributed by atoms with Gasteiger partial charge in [-0.2, -0.15) is 11.8 Å². The van der Waals surface area contributed by atoms with E-state index in [0.717, 1.165) is 0 Å². The molecule has 0 spiro atoms. The number of rotatable bonds is 2. The summed E-state index contributed by atoms with van der Waals surface area (Å²) in [5.74, 6) is 0. The minimum absolute atomic E-state index is 1.21. The van der Waals surface area contributed by atoms with Crippen molar-refractivity contribution in [3.05, 3.63) is 0 Å². The van der Waals surface area contributed by atoms with Crippen molar-refractivity contribution < 1.29 is 0 Å². The maximum Gasteiger partial charge on any atom is 0.0489 e. The van der Waals surface area contributed by atoms with Crippen LogP contribution in [0.1, 0.15) is 0 Å². The summed E-state index contributed by atoms with van der Waals surface area (Å²) in [7, 11) is 1.83. The Morgan fingerprint density at radius 2 is 2.40 bits per heavy atom. The van der Waals surface area contributed by atoms with E-state index in [1.807, 2.05) is 20.7 Å². The predicted octanol–water partition coefficient (Wildman–Crippen LogP) is 2.39. The molecule has 0 radical (unpaired) electrons. The average molecular weight is 220 g/mol. The van der Waals surface area contributed by atoms with E-state index in [2.05, 4.69) is 27.5 Å². The van der Waals surface area contributed by atoms with Crippen LogP contribution in [0.15, 0.2) is 0 Å². The van der Waals surface area contributed by atoms with Crippen LogP contribution in [-0.4, -0.2) is 11.3 Å². The van der Waals surface area contributed by atoms with Crippen LogP contribution >= 0.6 is 41.9 Å². The Morgan fingerprint density at radius 3 is 2.40 bits per heavy atom. The second-order valence-electron chi connectivity index (χ2n) is 0.516. The lowest BCUT2D eigenvalue weighted by atomic mass is 11.9. The summed E-state index contributed by atoms with van der Waals surface area (Å²) < 4.78 is 0. The second-order valence-corrected chi connectivity index (χ2v) is 4.12. The van der Waals surface area contributed by atoms with Crippen molar-refractivity contribution in [1.29, 1.82) is 0 Å². The molecule has 32 valence electrons. The van der Waals surface area contributed by atoms with E-state index >= 15 is 0 Å². The monoisotopic (exact) mass is 220 g/mol. The molecule has 0 rings (SSSR count). The van der Waals surface area contributed by atoms with Crippen LogP contribution < -0.4 is 0 Å². The van der Waals surface area contributed by atoms with E-state index in [1.165, 1.54) is 5.08 Å². The molecule has 0 atom stereocenters. The molecule has 3 heteroatoms. The summed E-state index contributed by atoms with van der Waals surface area (Å²) in [6.45, 7) is 0. The molecule has 5 heavy (non-hydrogen) atoms. The van der Waals surface area contributed by atoms with Gasteiger partial charge in [0.15, 0.2) is 0 Å². The van der Waals surface area contributed by atoms with Gasteiger partial charge >= 0.3 is 0 Å². The fourth-order valence-corrected chi connectivity index (χ4v) is 2.69. The molecule has 0 aromatic rings. The Bertz CT molecular complexity index is 15.1. The van der Waals surface area contributed by atoms with Gasteiger partial charge in [0.05, 0.1) is 0 Å². The van der Waals surface area contributed by atoms with E-state index in [9.17, 15) is 0 Å². The van der Waals surface area contributed by atoms with Crippen molar-refractivity contribution in [3.63, 3.8) is 0 Å². The molecule has 0 fully saturated rings. The third-order valence-corrected chi connectivity index (χ3v) is 3.75. The van der Waals surface area contributed by atoms with E-state index < -0.39 is 0 Å². The molecule has 0 aliphatic heterocycles. The highest BCUT2D eigenvalue weighted by molar-refractivity contribution is 14.2. The molecular formula is C2H5IS2. The molecule has 0 unspecified atom stereocenters. The van der Waals surface area contributed by atoms with Gasteiger partial charge in [-0.3, -0.25) is 0 Å². The van der Waals surface area contributed by atoms with Gasteiger partial charge in [0.2, 0.25) is 0 Å². The SMILES string of the molecule is CSCSI. The molecule has 0 aliphatic rings. The van der Waals surface area contributed by atoms with E-state index in [0.29, 0.717) is 0 Å². The first-order chi connectivity index (χ1) is 2.41. The lowest BCUT2D eigenvalue weighted by molar-refractivity contribution is 2.26. The van der Waals surface area contributed by atoms with Gasteiger partial charge in [-0.15, -0.1) is 0 Å². The van der Waals surface area contributed by atoms with Crippen molar-refractivity contribution in [2.24, 2.45) is 0 Å². The normalized spacial score (nSPS) is 8.40. The Kier molecular flexibility index (Phi) is 6.98. The van der Waals surface area contributed by atoms with Crippen LogP contribution in [0.3, 0.4) is 0 Å². The average Bonchev–Trinajstić information content (AvgIpc) is 1.41. The highest BCUT2D eigenvalue weighted by atomic mass is 127. The number of halogens is 1. The van der Waals surface area contributed by atoms with Gasteiger partial charge in [-0.25, -0.2) is 0 Å². The fourth-order valence-electron chi connectivity index (χ4n) is 0.0445. The topological polar surface area (TPSA) is 0 Å². The van der Waals surface area contributed by atoms with Crippen molar-refractivity contribution in [1.82, 2.24) is 0 Å². The third-order valence-electron chi connectivity index (χ3n) is 0.162. The number of hydrogen-bond acceptors (Lipinski definition) is 2. The summed E-state index contributed by atoms with van der Waals surface area (Å²) in [6.07, 6.45) is 2.10. The maximum absolute atomic E-state index is 2.28. The largest absolute Gasteiger partial charge is 0.154 e. The zero-order valence-corrected chi connectivity index (χ0v) is 6.69. The summed E-state index contributed by atoms with van der Waals surface area (Å²) in [4.78, 5) is 0. The molecule has 0 saturated carbocycles. The molecule has 0 amide bonds. The first kappa shape index (κ1) is 6.43. The molecule has 0 saturated heterocycles. The number of thioether (sulfide) groups is 1. The molecule has 0 aromatic heterocycles. The lowest BCUT2D eigenvalue weighted by Crippen LogP contribution is -1.50. The van der Waals surface area contributed by atoms with Crippen molar-refractivity contribution in [2.75, 3.05) is 11.3 Å². The maximum atomic E-state index is 2.28.